The van der Waals surface area contributed by atoms with Gasteiger partial charge in [-0.2, -0.15) is 0 Å². The van der Waals surface area contributed by atoms with Crippen molar-refractivity contribution in [2.75, 3.05) is 13.0 Å². The first-order chi connectivity index (χ1) is 9.56. The summed E-state index contributed by atoms with van der Waals surface area (Å²) in [7, 11) is 0. The van der Waals surface area contributed by atoms with Crippen LogP contribution in [-0.2, 0) is 0 Å². The zero-order valence-corrected chi connectivity index (χ0v) is 9.38. The van der Waals surface area contributed by atoms with Gasteiger partial charge in [0.15, 0.2) is 0 Å². The Labute approximate surface area is 105 Å². The zero-order valence-electron chi connectivity index (χ0n) is 13.4. The smallest absolute Gasteiger partial charge is 0.314 e. The molecule has 17 heavy (non-hydrogen) atoms. The van der Waals surface area contributed by atoms with E-state index in [1.807, 2.05) is 0 Å². The molecule has 0 saturated carbocycles. The largest absolute Gasteiger partial charge is 0.351 e. The van der Waals surface area contributed by atoms with E-state index in [1.54, 1.807) is 0 Å². The lowest BCUT2D eigenvalue weighted by Gasteiger charge is -2.32. The molecule has 0 aromatic carbocycles. The molecular weight excluding hydrogens is 220 g/mol. The van der Waals surface area contributed by atoms with Gasteiger partial charge >= 0.3 is 6.03 Å². The fourth-order valence-corrected chi connectivity index (χ4v) is 1.66. The van der Waals surface area contributed by atoms with Crippen molar-refractivity contribution in [1.82, 2.24) is 14.5 Å². The Hall–Kier alpha value is -1.85. The van der Waals surface area contributed by atoms with Crippen LogP contribution in [0.2, 0.25) is 0 Å². The molecule has 0 spiro atoms. The number of rotatable bonds is 1. The van der Waals surface area contributed by atoms with Crippen molar-refractivity contribution in [3.63, 3.8) is 0 Å². The van der Waals surface area contributed by atoms with Crippen molar-refractivity contribution in [3.05, 3.63) is 28.4 Å². The maximum Gasteiger partial charge on any atom is 0.314 e. The molecule has 0 bridgehead atoms. The van der Waals surface area contributed by atoms with Gasteiger partial charge in [0.25, 0.3) is 5.56 Å². The van der Waals surface area contributed by atoms with Crippen LogP contribution >= 0.6 is 0 Å². The van der Waals surface area contributed by atoms with Crippen LogP contribution in [0.4, 0.5) is 4.79 Å². The van der Waals surface area contributed by atoms with Gasteiger partial charge in [0, 0.05) is 28.2 Å². The molecule has 1 aromatic heterocycles. The third-order valence-corrected chi connectivity index (χ3v) is 2.55. The fraction of sp³-hybridized carbons (Fsp3) is 0.545. The summed E-state index contributed by atoms with van der Waals surface area (Å²) in [6, 6.07) is -2.24. The summed E-state index contributed by atoms with van der Waals surface area (Å²) in [6.07, 6.45) is 0.541. The third kappa shape index (κ3) is 2.30. The normalized spacial score (nSPS) is 29.7. The molecule has 1 fully saturated rings. The number of aromatic nitrogens is 2. The number of nitrogens with zero attached hydrogens (tertiary/aromatic N) is 3. The summed E-state index contributed by atoms with van der Waals surface area (Å²) in [5, 5.41) is 0. The molecule has 1 saturated heterocycles. The highest BCUT2D eigenvalue weighted by Crippen LogP contribution is 2.19. The molecule has 6 heteroatoms. The van der Waals surface area contributed by atoms with E-state index < -0.39 is 37.0 Å². The van der Waals surface area contributed by atoms with E-state index in [0.29, 0.717) is 4.90 Å². The molecule has 2 rings (SSSR count). The van der Waals surface area contributed by atoms with E-state index in [0.717, 1.165) is 4.57 Å². The Morgan fingerprint density at radius 2 is 2.47 bits per heavy atom. The second kappa shape index (κ2) is 4.57. The lowest BCUT2D eigenvalue weighted by atomic mass is 10.1. The molecule has 1 unspecified atom stereocenters. The molecule has 92 valence electrons. The number of primary amides is 1. The Bertz CT molecular complexity index is 631. The van der Waals surface area contributed by atoms with Gasteiger partial charge < -0.3 is 15.2 Å². The van der Waals surface area contributed by atoms with E-state index in [1.165, 1.54) is 19.3 Å². The van der Waals surface area contributed by atoms with Gasteiger partial charge in [0.2, 0.25) is 0 Å². The molecule has 1 aliphatic heterocycles. The second-order valence-electron chi connectivity index (χ2n) is 3.75. The molecule has 2 heterocycles. The molecule has 1 atom stereocenters. The molecule has 0 radical (unpaired) electrons. The summed E-state index contributed by atoms with van der Waals surface area (Å²) >= 11 is 0. The van der Waals surface area contributed by atoms with E-state index in [4.69, 9.17) is 11.2 Å². The number of aryl methyl sites for hydroxylation is 1. The number of nitrogens with two attached hydrogens (primary N) is 1. The van der Waals surface area contributed by atoms with Crippen LogP contribution in [0.1, 0.15) is 30.0 Å². The zero-order chi connectivity index (χ0) is 16.0. The van der Waals surface area contributed by atoms with Crippen LogP contribution in [0.3, 0.4) is 0 Å². The second-order valence-corrected chi connectivity index (χ2v) is 3.75. The number of amides is 2. The third-order valence-electron chi connectivity index (χ3n) is 2.55. The average Bonchev–Trinajstić information content (AvgIpc) is 2.35. The summed E-state index contributed by atoms with van der Waals surface area (Å²) in [4.78, 5) is 28.0. The predicted molar refractivity (Wildman–Crippen MR) is 62.7 cm³/mol. The first kappa shape index (κ1) is 7.47. The highest BCUT2D eigenvalue weighted by molar-refractivity contribution is 5.72. The minimum Gasteiger partial charge on any atom is -0.351 e. The molecule has 2 amide bonds. The van der Waals surface area contributed by atoms with Gasteiger partial charge in [0.05, 0.1) is 8.78 Å². The van der Waals surface area contributed by atoms with Gasteiger partial charge in [-0.15, -0.1) is 0 Å². The van der Waals surface area contributed by atoms with Crippen molar-refractivity contribution < 1.29 is 10.3 Å². The number of carbonyl (C=O) groups excluding carboxylic acids is 1. The van der Waals surface area contributed by atoms with Crippen LogP contribution in [0.15, 0.2) is 17.2 Å². The fourth-order valence-electron chi connectivity index (χ4n) is 1.66. The maximum absolute atomic E-state index is 12.1. The number of hydrogen-bond acceptors (Lipinski definition) is 3. The number of urea groups is 1. The summed E-state index contributed by atoms with van der Waals surface area (Å²) in [5.74, 6) is 0. The lowest BCUT2D eigenvalue weighted by Crippen LogP contribution is -2.45. The van der Waals surface area contributed by atoms with Crippen LogP contribution < -0.4 is 11.3 Å². The lowest BCUT2D eigenvalue weighted by molar-refractivity contribution is 0.174. The van der Waals surface area contributed by atoms with Crippen molar-refractivity contribution in [3.8, 4) is 0 Å². The van der Waals surface area contributed by atoms with E-state index in [-0.39, 0.29) is 12.1 Å². The van der Waals surface area contributed by atoms with E-state index >= 15 is 0 Å². The van der Waals surface area contributed by atoms with Gasteiger partial charge in [-0.05, 0) is 19.7 Å². The summed E-state index contributed by atoms with van der Waals surface area (Å²) in [5.41, 5.74) is 4.80. The summed E-state index contributed by atoms with van der Waals surface area (Å²) < 4.78 is 33.0. The maximum atomic E-state index is 12.1. The van der Waals surface area contributed by atoms with E-state index in [9.17, 15) is 9.59 Å². The first-order valence-electron chi connectivity index (χ1n) is 7.17. The van der Waals surface area contributed by atoms with E-state index in [2.05, 4.69) is 4.98 Å². The molecule has 1 aromatic rings. The minimum absolute atomic E-state index is 0.171. The number of carbonyl (C=O) groups is 1. The predicted octanol–water partition coefficient (Wildman–Crippen LogP) is 0.267. The van der Waals surface area contributed by atoms with Gasteiger partial charge in [-0.1, -0.05) is 0 Å². The Balaban J connectivity index is 2.57. The highest BCUT2D eigenvalue weighted by Gasteiger charge is 2.24. The topological polar surface area (TPSA) is 81.2 Å². The van der Waals surface area contributed by atoms with Crippen molar-refractivity contribution in [2.24, 2.45) is 5.73 Å². The van der Waals surface area contributed by atoms with Crippen LogP contribution in [0.5, 0.6) is 0 Å². The standard InChI is InChI=1S/C11H16N4O2/c1-8-10(16)15(6-4-13-8)9-3-2-5-14(7-9)11(12)17/h4,6,9H,2-3,5,7H2,1H3,(H2,12,17)/i2D2,7D2. The van der Waals surface area contributed by atoms with Crippen molar-refractivity contribution >= 4 is 6.03 Å². The quantitative estimate of drug-likeness (QED) is 0.765. The Morgan fingerprint density at radius 3 is 3.18 bits per heavy atom. The van der Waals surface area contributed by atoms with Gasteiger partial charge in [-0.3, -0.25) is 9.78 Å². The molecule has 1 aliphatic rings. The molecule has 2 N–H and O–H groups in total. The highest BCUT2D eigenvalue weighted by atomic mass is 16.2. The van der Waals surface area contributed by atoms with Crippen LogP contribution in [0, 0.1) is 6.92 Å². The summed E-state index contributed by atoms with van der Waals surface area (Å²) in [6.45, 7) is -1.24. The number of hydrogen-bond donors (Lipinski definition) is 1. The molecule has 0 aliphatic carbocycles. The first-order valence-corrected chi connectivity index (χ1v) is 5.17. The van der Waals surface area contributed by atoms with Gasteiger partial charge in [0.1, 0.15) is 5.69 Å². The molecular formula is C11H16N4O2. The van der Waals surface area contributed by atoms with Crippen molar-refractivity contribution in [2.45, 2.75) is 25.8 Å². The number of likely N-dealkylation sites (tertiary alicyclic amines) is 1. The number of piperidine rings is 1. The van der Waals surface area contributed by atoms with Crippen molar-refractivity contribution in [1.29, 1.82) is 0 Å². The Morgan fingerprint density at radius 1 is 1.71 bits per heavy atom. The van der Waals surface area contributed by atoms with Crippen LogP contribution in [0.25, 0.3) is 0 Å². The average molecular weight is 240 g/mol. The van der Waals surface area contributed by atoms with Gasteiger partial charge in [-0.25, -0.2) is 4.79 Å². The minimum atomic E-state index is -2.27. The monoisotopic (exact) mass is 240 g/mol. The Kier molecular flexibility index (Phi) is 2.01. The van der Waals surface area contributed by atoms with Crippen LogP contribution in [-0.4, -0.2) is 33.5 Å². The molecule has 6 nitrogen and oxygen atoms in total. The SMILES string of the molecule is [2H]C1([2H])CC(n2ccnc(C)c2=O)C([2H])([2H])N(C(N)=O)C1.